The summed E-state index contributed by atoms with van der Waals surface area (Å²) in [5, 5.41) is 8.96. The quantitative estimate of drug-likeness (QED) is 0.389. The van der Waals surface area contributed by atoms with Gasteiger partial charge in [-0.25, -0.2) is 4.39 Å². The summed E-state index contributed by atoms with van der Waals surface area (Å²) in [6.07, 6.45) is 1.61. The molecule has 1 amide bonds. The number of nitrogens with zero attached hydrogens (tertiary/aromatic N) is 1. The Bertz CT molecular complexity index is 1080. The average Bonchev–Trinajstić information content (AvgIpc) is 2.96. The minimum Gasteiger partial charge on any atom is -0.490 e. The first-order chi connectivity index (χ1) is 14.8. The van der Waals surface area contributed by atoms with Gasteiger partial charge in [0.1, 0.15) is 23.3 Å². The number of hydrogen-bond acceptors (Lipinski definition) is 6. The smallest absolute Gasteiger partial charge is 0.323 e. The predicted octanol–water partition coefficient (Wildman–Crippen LogP) is 4.85. The van der Waals surface area contributed by atoms with Gasteiger partial charge >= 0.3 is 5.97 Å². The lowest BCUT2D eigenvalue weighted by molar-refractivity contribution is -0.140. The summed E-state index contributed by atoms with van der Waals surface area (Å²) in [6, 6.07) is 9.74. The van der Waals surface area contributed by atoms with Crippen LogP contribution in [0.4, 0.5) is 4.39 Å². The van der Waals surface area contributed by atoms with Gasteiger partial charge in [0.05, 0.1) is 16.0 Å². The summed E-state index contributed by atoms with van der Waals surface area (Å²) in [6.45, 7) is 1.71. The molecule has 1 N–H and O–H groups in total. The van der Waals surface area contributed by atoms with E-state index >= 15 is 0 Å². The molecule has 31 heavy (non-hydrogen) atoms. The number of benzene rings is 2. The lowest BCUT2D eigenvalue weighted by Gasteiger charge is -2.15. The molecule has 0 aromatic heterocycles. The zero-order valence-electron chi connectivity index (χ0n) is 16.3. The Morgan fingerprint density at radius 3 is 2.74 bits per heavy atom. The number of rotatable bonds is 8. The van der Waals surface area contributed by atoms with Gasteiger partial charge in [-0.15, -0.1) is 0 Å². The van der Waals surface area contributed by atoms with Crippen LogP contribution in [0.5, 0.6) is 11.5 Å². The van der Waals surface area contributed by atoms with Crippen molar-refractivity contribution in [2.75, 3.05) is 13.2 Å². The molecule has 0 spiro atoms. The summed E-state index contributed by atoms with van der Waals surface area (Å²) in [5.74, 6) is -1.15. The van der Waals surface area contributed by atoms with Gasteiger partial charge in [0, 0.05) is 5.56 Å². The molecule has 2 aromatic rings. The highest BCUT2D eigenvalue weighted by Crippen LogP contribution is 2.39. The maximum atomic E-state index is 13.9. The Morgan fingerprint density at radius 1 is 1.32 bits per heavy atom. The molecular formula is C21H17BrFNO5S2. The number of carboxylic acids is 1. The van der Waals surface area contributed by atoms with Gasteiger partial charge in [0.2, 0.25) is 0 Å². The van der Waals surface area contributed by atoms with Crippen molar-refractivity contribution in [3.8, 4) is 11.5 Å². The maximum absolute atomic E-state index is 13.9. The van der Waals surface area contributed by atoms with Crippen molar-refractivity contribution in [1.29, 1.82) is 0 Å². The minimum atomic E-state index is -1.14. The van der Waals surface area contributed by atoms with Crippen LogP contribution in [0.3, 0.4) is 0 Å². The fourth-order valence-corrected chi connectivity index (χ4v) is 4.59. The van der Waals surface area contributed by atoms with Crippen LogP contribution in [0.15, 0.2) is 45.8 Å². The Hall–Kier alpha value is -2.43. The average molecular weight is 526 g/mol. The zero-order valence-corrected chi connectivity index (χ0v) is 19.5. The number of halogens is 2. The molecule has 1 fully saturated rings. The summed E-state index contributed by atoms with van der Waals surface area (Å²) >= 11 is 9.59. The Labute approximate surface area is 196 Å². The van der Waals surface area contributed by atoms with Crippen molar-refractivity contribution in [2.24, 2.45) is 0 Å². The van der Waals surface area contributed by atoms with Gasteiger partial charge in [-0.1, -0.05) is 42.2 Å². The third-order valence-corrected chi connectivity index (χ3v) is 6.09. The Kier molecular flexibility index (Phi) is 7.69. The van der Waals surface area contributed by atoms with Gasteiger partial charge in [-0.2, -0.15) is 0 Å². The van der Waals surface area contributed by atoms with Crippen molar-refractivity contribution >= 4 is 62.2 Å². The SMILES string of the molecule is CCOc1cc(/C=C2/SC(=S)N(CC(=O)O)C2=O)cc(Br)c1OCc1ccccc1F. The van der Waals surface area contributed by atoms with E-state index in [1.807, 2.05) is 6.92 Å². The topological polar surface area (TPSA) is 76.1 Å². The fourth-order valence-electron chi connectivity index (χ4n) is 2.76. The van der Waals surface area contributed by atoms with Gasteiger partial charge in [-0.3, -0.25) is 14.5 Å². The molecular weight excluding hydrogens is 509 g/mol. The van der Waals surface area contributed by atoms with Gasteiger partial charge < -0.3 is 14.6 Å². The molecule has 162 valence electrons. The van der Waals surface area contributed by atoms with Crippen LogP contribution in [0.1, 0.15) is 18.1 Å². The van der Waals surface area contributed by atoms with Crippen LogP contribution in [0.25, 0.3) is 6.08 Å². The van der Waals surface area contributed by atoms with E-state index in [1.54, 1.807) is 36.4 Å². The van der Waals surface area contributed by atoms with Gasteiger partial charge in [-0.05, 0) is 52.7 Å². The molecule has 6 nitrogen and oxygen atoms in total. The highest BCUT2D eigenvalue weighted by Gasteiger charge is 2.33. The fraction of sp³-hybridized carbons (Fsp3) is 0.190. The number of carbonyl (C=O) groups is 2. The first-order valence-corrected chi connectivity index (χ1v) is 11.1. The second-order valence-corrected chi connectivity index (χ2v) is 8.83. The van der Waals surface area contributed by atoms with Crippen LogP contribution in [0.2, 0.25) is 0 Å². The van der Waals surface area contributed by atoms with Crippen molar-refractivity contribution in [2.45, 2.75) is 13.5 Å². The summed E-state index contributed by atoms with van der Waals surface area (Å²) in [7, 11) is 0. The van der Waals surface area contributed by atoms with Crippen LogP contribution >= 0.6 is 39.9 Å². The highest BCUT2D eigenvalue weighted by molar-refractivity contribution is 9.10. The second-order valence-electron chi connectivity index (χ2n) is 6.30. The number of carboxylic acid groups (broad SMARTS) is 1. The standard InChI is InChI=1S/C21H17BrFNO5S2/c1-2-28-16-8-12(9-17-20(27)24(10-18(25)26)21(30)31-17)7-14(22)19(16)29-11-13-5-3-4-6-15(13)23/h3-9H,2,10-11H2,1H3,(H,25,26)/b17-9+. The van der Waals surface area contributed by atoms with Crippen molar-refractivity contribution in [3.63, 3.8) is 0 Å². The molecule has 0 unspecified atom stereocenters. The molecule has 1 saturated heterocycles. The van der Waals surface area contributed by atoms with Crippen molar-refractivity contribution < 1.29 is 28.6 Å². The number of amides is 1. The second kappa shape index (κ2) is 10.3. The lowest BCUT2D eigenvalue weighted by atomic mass is 10.1. The predicted molar refractivity (Wildman–Crippen MR) is 124 cm³/mol. The van der Waals surface area contributed by atoms with Crippen LogP contribution < -0.4 is 9.47 Å². The monoisotopic (exact) mass is 525 g/mol. The van der Waals surface area contributed by atoms with Crippen LogP contribution in [0, 0.1) is 5.82 Å². The normalized spacial score (nSPS) is 14.9. The number of thiocarbonyl (C=S) groups is 1. The van der Waals surface area contributed by atoms with E-state index in [0.29, 0.717) is 38.6 Å². The van der Waals surface area contributed by atoms with Crippen LogP contribution in [-0.2, 0) is 16.2 Å². The summed E-state index contributed by atoms with van der Waals surface area (Å²) < 4.78 is 26.1. The molecule has 0 saturated carbocycles. The van der Waals surface area contributed by atoms with E-state index in [-0.39, 0.29) is 16.7 Å². The zero-order chi connectivity index (χ0) is 22.5. The molecule has 1 aliphatic rings. The molecule has 10 heteroatoms. The highest BCUT2D eigenvalue weighted by atomic mass is 79.9. The van der Waals surface area contributed by atoms with Crippen molar-refractivity contribution in [1.82, 2.24) is 4.90 Å². The van der Waals surface area contributed by atoms with E-state index in [4.69, 9.17) is 26.8 Å². The third-order valence-electron chi connectivity index (χ3n) is 4.13. The molecule has 0 aliphatic carbocycles. The maximum Gasteiger partial charge on any atom is 0.323 e. The van der Waals surface area contributed by atoms with Gasteiger partial charge in [0.15, 0.2) is 11.5 Å². The third kappa shape index (κ3) is 5.63. The molecule has 1 heterocycles. The van der Waals surface area contributed by atoms with E-state index in [2.05, 4.69) is 15.9 Å². The van der Waals surface area contributed by atoms with E-state index in [0.717, 1.165) is 16.7 Å². The summed E-state index contributed by atoms with van der Waals surface area (Å²) in [5.41, 5.74) is 1.03. The molecule has 3 rings (SSSR count). The largest absolute Gasteiger partial charge is 0.490 e. The van der Waals surface area contributed by atoms with Crippen LogP contribution in [-0.4, -0.2) is 39.4 Å². The minimum absolute atomic E-state index is 0.0124. The van der Waals surface area contributed by atoms with E-state index in [1.165, 1.54) is 6.07 Å². The lowest BCUT2D eigenvalue weighted by Crippen LogP contribution is -2.33. The first-order valence-electron chi connectivity index (χ1n) is 9.09. The van der Waals surface area contributed by atoms with E-state index in [9.17, 15) is 14.0 Å². The number of hydrogen-bond donors (Lipinski definition) is 1. The molecule has 2 aromatic carbocycles. The molecule has 1 aliphatic heterocycles. The number of carbonyl (C=O) groups excluding carboxylic acids is 1. The number of aliphatic carboxylic acids is 1. The molecule has 0 radical (unpaired) electrons. The number of thioether (sulfide) groups is 1. The molecule has 0 atom stereocenters. The Morgan fingerprint density at radius 2 is 2.06 bits per heavy atom. The Balaban J connectivity index is 1.87. The number of ether oxygens (including phenoxy) is 2. The summed E-state index contributed by atoms with van der Waals surface area (Å²) in [4.78, 5) is 24.8. The van der Waals surface area contributed by atoms with E-state index < -0.39 is 18.4 Å². The van der Waals surface area contributed by atoms with Crippen molar-refractivity contribution in [3.05, 3.63) is 62.7 Å². The first kappa shape index (κ1) is 23.2. The molecule has 0 bridgehead atoms. The van der Waals surface area contributed by atoms with Gasteiger partial charge in [0.25, 0.3) is 5.91 Å².